The van der Waals surface area contributed by atoms with Crippen LogP contribution in [0, 0.1) is 0 Å². The van der Waals surface area contributed by atoms with Gasteiger partial charge >= 0.3 is 12.3 Å². The highest BCUT2D eigenvalue weighted by atomic mass is 19.4. The lowest BCUT2D eigenvalue weighted by Gasteiger charge is -2.28. The summed E-state index contributed by atoms with van der Waals surface area (Å²) in [5.41, 5.74) is -0.720. The molecule has 33 heavy (non-hydrogen) atoms. The Hall–Kier alpha value is -2.78. The minimum absolute atomic E-state index is 0.0328. The molecule has 0 aliphatic carbocycles. The Morgan fingerprint density at radius 3 is 2.73 bits per heavy atom. The van der Waals surface area contributed by atoms with Crippen LogP contribution in [0.3, 0.4) is 0 Å². The van der Waals surface area contributed by atoms with Crippen molar-refractivity contribution >= 4 is 6.09 Å². The van der Waals surface area contributed by atoms with Crippen LogP contribution in [0.1, 0.15) is 75.7 Å². The number of ether oxygens (including phenoxy) is 1. The number of carboxylic acid groups (broad SMARTS) is 1. The van der Waals surface area contributed by atoms with E-state index in [4.69, 9.17) is 9.26 Å². The summed E-state index contributed by atoms with van der Waals surface area (Å²) >= 11 is 0. The summed E-state index contributed by atoms with van der Waals surface area (Å²) < 4.78 is 51.7. The van der Waals surface area contributed by atoms with Gasteiger partial charge in [0.05, 0.1) is 18.1 Å². The number of hydrogen-bond acceptors (Lipinski definition) is 5. The number of alkyl halides is 3. The number of carbonyl (C=O) groups is 1. The maximum atomic E-state index is 13.7. The molecule has 0 spiro atoms. The molecule has 7 nitrogen and oxygen atoms in total. The molecule has 2 heterocycles. The van der Waals surface area contributed by atoms with Crippen LogP contribution in [0.5, 0.6) is 5.75 Å². The first-order valence-corrected chi connectivity index (χ1v) is 11.5. The molecule has 1 N–H and O–H groups in total. The molecule has 1 fully saturated rings. The zero-order valence-electron chi connectivity index (χ0n) is 18.7. The van der Waals surface area contributed by atoms with E-state index in [-0.39, 0.29) is 42.1 Å². The molecule has 0 radical (unpaired) electrons. The van der Waals surface area contributed by atoms with Crippen LogP contribution in [-0.4, -0.2) is 45.9 Å². The average molecular weight is 470 g/mol. The summed E-state index contributed by atoms with van der Waals surface area (Å²) in [4.78, 5) is 16.7. The van der Waals surface area contributed by atoms with Crippen molar-refractivity contribution in [3.63, 3.8) is 0 Å². The number of rotatable bonds is 10. The van der Waals surface area contributed by atoms with Crippen molar-refractivity contribution in [1.82, 2.24) is 15.0 Å². The van der Waals surface area contributed by atoms with Gasteiger partial charge in [-0.2, -0.15) is 18.2 Å². The molecular formula is C23H30F3N3O4. The van der Waals surface area contributed by atoms with Crippen LogP contribution in [0.15, 0.2) is 22.7 Å². The van der Waals surface area contributed by atoms with E-state index >= 15 is 0 Å². The number of nitrogens with zero attached hydrogens (tertiary/aromatic N) is 3. The van der Waals surface area contributed by atoms with Gasteiger partial charge in [0, 0.05) is 18.7 Å². The van der Waals surface area contributed by atoms with E-state index in [0.29, 0.717) is 25.8 Å². The minimum Gasteiger partial charge on any atom is -0.493 e. The molecular weight excluding hydrogens is 439 g/mol. The molecule has 3 rings (SSSR count). The SMILES string of the molecule is CCCCCCCCOc1ccc(-c2noc(C3CCCN(C(=O)O)C3)n2)cc1C(F)(F)F. The number of likely N-dealkylation sites (tertiary alicyclic amines) is 1. The second kappa shape index (κ2) is 11.4. The van der Waals surface area contributed by atoms with Gasteiger partial charge in [-0.3, -0.25) is 0 Å². The average Bonchev–Trinajstić information content (AvgIpc) is 3.28. The quantitative estimate of drug-likeness (QED) is 0.408. The van der Waals surface area contributed by atoms with Crippen molar-refractivity contribution in [2.45, 2.75) is 70.4 Å². The Balaban J connectivity index is 1.68. The maximum Gasteiger partial charge on any atom is 0.419 e. The second-order valence-electron chi connectivity index (χ2n) is 8.35. The number of amides is 1. The zero-order valence-corrected chi connectivity index (χ0v) is 18.7. The maximum absolute atomic E-state index is 13.7. The highest BCUT2D eigenvalue weighted by Gasteiger charge is 2.35. The number of unbranched alkanes of at least 4 members (excludes halogenated alkanes) is 5. The first kappa shape index (κ1) is 24.9. The molecule has 10 heteroatoms. The number of aromatic nitrogens is 2. The summed E-state index contributed by atoms with van der Waals surface area (Å²) in [6.45, 7) is 3.00. The predicted octanol–water partition coefficient (Wildman–Crippen LogP) is 6.35. The van der Waals surface area contributed by atoms with Gasteiger partial charge in [0.25, 0.3) is 0 Å². The van der Waals surface area contributed by atoms with Gasteiger partial charge in [-0.05, 0) is 37.5 Å². The van der Waals surface area contributed by atoms with Crippen LogP contribution >= 0.6 is 0 Å². The molecule has 1 amide bonds. The van der Waals surface area contributed by atoms with Crippen molar-refractivity contribution in [3.05, 3.63) is 29.7 Å². The normalized spacial score (nSPS) is 16.7. The summed E-state index contributed by atoms with van der Waals surface area (Å²) in [7, 11) is 0. The molecule has 1 aromatic carbocycles. The fourth-order valence-corrected chi connectivity index (χ4v) is 3.95. The highest BCUT2D eigenvalue weighted by molar-refractivity contribution is 5.65. The number of piperidine rings is 1. The number of halogens is 3. The van der Waals surface area contributed by atoms with Crippen LogP contribution in [0.4, 0.5) is 18.0 Å². The Morgan fingerprint density at radius 2 is 2.00 bits per heavy atom. The highest BCUT2D eigenvalue weighted by Crippen LogP contribution is 2.39. The summed E-state index contributed by atoms with van der Waals surface area (Å²) in [5.74, 6) is -0.232. The summed E-state index contributed by atoms with van der Waals surface area (Å²) in [5, 5.41) is 13.0. The van der Waals surface area contributed by atoms with Crippen LogP contribution in [0.25, 0.3) is 11.4 Å². The lowest BCUT2D eigenvalue weighted by atomic mass is 9.98. The van der Waals surface area contributed by atoms with E-state index < -0.39 is 17.8 Å². The lowest BCUT2D eigenvalue weighted by molar-refractivity contribution is -0.138. The smallest absolute Gasteiger partial charge is 0.419 e. The van der Waals surface area contributed by atoms with E-state index in [1.807, 2.05) is 0 Å². The minimum atomic E-state index is -4.59. The molecule has 1 aliphatic rings. The predicted molar refractivity (Wildman–Crippen MR) is 115 cm³/mol. The van der Waals surface area contributed by atoms with Crippen molar-refractivity contribution in [2.24, 2.45) is 0 Å². The number of benzene rings is 1. The largest absolute Gasteiger partial charge is 0.493 e. The Bertz CT molecular complexity index is 917. The topological polar surface area (TPSA) is 88.7 Å². The molecule has 0 bridgehead atoms. The van der Waals surface area contributed by atoms with E-state index in [2.05, 4.69) is 17.1 Å². The molecule has 2 aromatic rings. The number of hydrogen-bond donors (Lipinski definition) is 1. The molecule has 1 aromatic heterocycles. The van der Waals surface area contributed by atoms with Crippen LogP contribution < -0.4 is 4.74 Å². The third-order valence-electron chi connectivity index (χ3n) is 5.78. The van der Waals surface area contributed by atoms with Gasteiger partial charge in [-0.15, -0.1) is 0 Å². The Labute approximate surface area is 190 Å². The van der Waals surface area contributed by atoms with Gasteiger partial charge in [-0.25, -0.2) is 4.79 Å². The van der Waals surface area contributed by atoms with Gasteiger partial charge in [-0.1, -0.05) is 44.2 Å². The molecule has 1 unspecified atom stereocenters. The zero-order chi connectivity index (χ0) is 23.8. The van der Waals surface area contributed by atoms with Gasteiger partial charge in [0.15, 0.2) is 0 Å². The van der Waals surface area contributed by atoms with Crippen molar-refractivity contribution in [2.75, 3.05) is 19.7 Å². The van der Waals surface area contributed by atoms with Crippen LogP contribution in [0.2, 0.25) is 0 Å². The van der Waals surface area contributed by atoms with E-state index in [0.717, 1.165) is 38.2 Å². The molecule has 0 saturated carbocycles. The van der Waals surface area contributed by atoms with E-state index in [1.54, 1.807) is 0 Å². The van der Waals surface area contributed by atoms with Crippen molar-refractivity contribution in [3.8, 4) is 17.1 Å². The lowest BCUT2D eigenvalue weighted by Crippen LogP contribution is -2.38. The van der Waals surface area contributed by atoms with Crippen LogP contribution in [-0.2, 0) is 6.18 Å². The third kappa shape index (κ3) is 6.85. The fourth-order valence-electron chi connectivity index (χ4n) is 3.95. The van der Waals surface area contributed by atoms with E-state index in [9.17, 15) is 23.1 Å². The third-order valence-corrected chi connectivity index (χ3v) is 5.78. The van der Waals surface area contributed by atoms with E-state index in [1.165, 1.54) is 17.0 Å². The standard InChI is InChI=1S/C23H30F3N3O4/c1-2-3-4-5-6-7-13-32-19-11-10-16(14-18(19)23(24,25)26)20-27-21(33-28-20)17-9-8-12-29(15-17)22(30)31/h10-11,14,17H,2-9,12-13,15H2,1H3,(H,30,31). The monoisotopic (exact) mass is 469 g/mol. The van der Waals surface area contributed by atoms with Crippen molar-refractivity contribution in [1.29, 1.82) is 0 Å². The Kier molecular flexibility index (Phi) is 8.57. The Morgan fingerprint density at radius 1 is 1.24 bits per heavy atom. The fraction of sp³-hybridized carbons (Fsp3) is 0.609. The first-order valence-electron chi connectivity index (χ1n) is 11.5. The second-order valence-corrected chi connectivity index (χ2v) is 8.35. The van der Waals surface area contributed by atoms with Gasteiger partial charge in [0.1, 0.15) is 5.75 Å². The first-order chi connectivity index (χ1) is 15.8. The summed E-state index contributed by atoms with van der Waals surface area (Å²) in [6, 6.07) is 3.73. The molecule has 1 aliphatic heterocycles. The van der Waals surface area contributed by atoms with Gasteiger partial charge < -0.3 is 19.3 Å². The van der Waals surface area contributed by atoms with Gasteiger partial charge in [0.2, 0.25) is 11.7 Å². The summed E-state index contributed by atoms with van der Waals surface area (Å²) in [6.07, 6.45) is 1.81. The van der Waals surface area contributed by atoms with Crippen molar-refractivity contribution < 1.29 is 32.3 Å². The molecule has 1 saturated heterocycles. The molecule has 1 atom stereocenters. The molecule has 182 valence electrons.